The molecule has 0 unspecified atom stereocenters. The zero-order chi connectivity index (χ0) is 17.0. The summed E-state index contributed by atoms with van der Waals surface area (Å²) in [5.74, 6) is -1.29. The monoisotopic (exact) mass is 340 g/mol. The Morgan fingerprint density at radius 1 is 1.09 bits per heavy atom. The molecule has 2 aromatic carbocycles. The van der Waals surface area contributed by atoms with Crippen molar-refractivity contribution in [3.63, 3.8) is 0 Å². The first-order chi connectivity index (χ1) is 10.8. The maximum Gasteiger partial charge on any atom is 0.257 e. The van der Waals surface area contributed by atoms with Gasteiger partial charge in [0.15, 0.2) is 5.82 Å². The van der Waals surface area contributed by atoms with Crippen molar-refractivity contribution < 1.29 is 17.2 Å². The molecule has 23 heavy (non-hydrogen) atoms. The van der Waals surface area contributed by atoms with Crippen LogP contribution in [-0.4, -0.2) is 8.42 Å². The Hall–Kier alpha value is -1.99. The summed E-state index contributed by atoms with van der Waals surface area (Å²) in [6, 6.07) is 9.29. The van der Waals surface area contributed by atoms with Gasteiger partial charge in [-0.1, -0.05) is 26.0 Å². The quantitative estimate of drug-likeness (QED) is 0.787. The lowest BCUT2D eigenvalue weighted by Gasteiger charge is -2.12. The van der Waals surface area contributed by atoms with E-state index in [0.717, 1.165) is 24.1 Å². The van der Waals surface area contributed by atoms with E-state index in [1.807, 2.05) is 0 Å². The van der Waals surface area contributed by atoms with Gasteiger partial charge in [-0.15, -0.1) is 4.83 Å². The summed E-state index contributed by atoms with van der Waals surface area (Å²) in [5.41, 5.74) is 3.13. The molecule has 0 fully saturated rings. The second kappa shape index (κ2) is 7.06. The molecule has 0 aliphatic rings. The van der Waals surface area contributed by atoms with Gasteiger partial charge in [-0.25, -0.2) is 17.2 Å². The maximum atomic E-state index is 13.5. The third kappa shape index (κ3) is 4.27. The summed E-state index contributed by atoms with van der Waals surface area (Å²) >= 11 is 0. The molecule has 0 aliphatic carbocycles. The van der Waals surface area contributed by atoms with Crippen LogP contribution in [0.1, 0.15) is 31.7 Å². The van der Waals surface area contributed by atoms with E-state index in [2.05, 4.69) is 24.1 Å². The SMILES string of the molecule is CC[C@@H](C)c1ccc(S(=O)(=O)NNc2ccc(F)cc2F)cc1. The third-order valence-electron chi connectivity index (χ3n) is 3.62. The molecular weight excluding hydrogens is 322 g/mol. The average molecular weight is 340 g/mol. The Morgan fingerprint density at radius 2 is 1.74 bits per heavy atom. The van der Waals surface area contributed by atoms with Gasteiger partial charge in [-0.2, -0.15) is 0 Å². The lowest BCUT2D eigenvalue weighted by atomic mass is 9.99. The zero-order valence-electron chi connectivity index (χ0n) is 12.8. The fraction of sp³-hybridized carbons (Fsp3) is 0.250. The Bertz CT molecular complexity index is 777. The van der Waals surface area contributed by atoms with Crippen molar-refractivity contribution in [1.82, 2.24) is 4.83 Å². The van der Waals surface area contributed by atoms with E-state index in [4.69, 9.17) is 0 Å². The highest BCUT2D eigenvalue weighted by Crippen LogP contribution is 2.20. The number of benzene rings is 2. The molecule has 1 atom stereocenters. The fourth-order valence-electron chi connectivity index (χ4n) is 1.98. The topological polar surface area (TPSA) is 58.2 Å². The van der Waals surface area contributed by atoms with Crippen LogP contribution in [-0.2, 0) is 10.0 Å². The third-order valence-corrected chi connectivity index (χ3v) is 4.89. The van der Waals surface area contributed by atoms with Gasteiger partial charge < -0.3 is 5.43 Å². The molecule has 0 saturated carbocycles. The van der Waals surface area contributed by atoms with Crippen molar-refractivity contribution in [3.05, 3.63) is 59.7 Å². The molecule has 124 valence electrons. The van der Waals surface area contributed by atoms with Crippen LogP contribution >= 0.6 is 0 Å². The number of rotatable bonds is 6. The number of hydrazine groups is 1. The molecular formula is C16H18F2N2O2S. The summed E-state index contributed by atoms with van der Waals surface area (Å²) in [6.07, 6.45) is 0.954. The van der Waals surface area contributed by atoms with E-state index in [0.29, 0.717) is 12.0 Å². The lowest BCUT2D eigenvalue weighted by Crippen LogP contribution is -2.30. The normalized spacial score (nSPS) is 12.9. The van der Waals surface area contributed by atoms with Gasteiger partial charge in [0.1, 0.15) is 5.82 Å². The fourth-order valence-corrected chi connectivity index (χ4v) is 2.84. The lowest BCUT2D eigenvalue weighted by molar-refractivity contribution is 0.580. The van der Waals surface area contributed by atoms with Gasteiger partial charge in [-0.3, -0.25) is 0 Å². The summed E-state index contributed by atoms with van der Waals surface area (Å²) in [5, 5.41) is 0. The van der Waals surface area contributed by atoms with Crippen molar-refractivity contribution in [2.45, 2.75) is 31.1 Å². The number of hydrogen-bond acceptors (Lipinski definition) is 3. The maximum absolute atomic E-state index is 13.5. The van der Waals surface area contributed by atoms with Gasteiger partial charge in [0, 0.05) is 6.07 Å². The van der Waals surface area contributed by atoms with Crippen LogP contribution in [0.25, 0.3) is 0 Å². The molecule has 4 nitrogen and oxygen atoms in total. The van der Waals surface area contributed by atoms with Crippen molar-refractivity contribution in [1.29, 1.82) is 0 Å². The highest BCUT2D eigenvalue weighted by Gasteiger charge is 2.15. The van der Waals surface area contributed by atoms with Crippen LogP contribution < -0.4 is 10.3 Å². The summed E-state index contributed by atoms with van der Waals surface area (Å²) in [4.78, 5) is 2.13. The molecule has 0 aliphatic heterocycles. The van der Waals surface area contributed by atoms with Crippen LogP contribution in [0, 0.1) is 11.6 Å². The molecule has 0 spiro atoms. The minimum atomic E-state index is -3.86. The van der Waals surface area contributed by atoms with E-state index < -0.39 is 21.7 Å². The molecule has 2 rings (SSSR count). The van der Waals surface area contributed by atoms with Crippen LogP contribution in [0.15, 0.2) is 47.4 Å². The van der Waals surface area contributed by atoms with Crippen molar-refractivity contribution in [2.24, 2.45) is 0 Å². The first-order valence-corrected chi connectivity index (χ1v) is 8.64. The smallest absolute Gasteiger partial charge is 0.257 e. The molecule has 2 N–H and O–H groups in total. The second-order valence-corrected chi connectivity index (χ2v) is 6.92. The minimum Gasteiger partial charge on any atom is -0.305 e. The van der Waals surface area contributed by atoms with E-state index >= 15 is 0 Å². The largest absolute Gasteiger partial charge is 0.305 e. The highest BCUT2D eigenvalue weighted by atomic mass is 32.2. The summed E-state index contributed by atoms with van der Waals surface area (Å²) in [7, 11) is -3.86. The van der Waals surface area contributed by atoms with Gasteiger partial charge >= 0.3 is 0 Å². The van der Waals surface area contributed by atoms with Crippen LogP contribution in [0.2, 0.25) is 0 Å². The second-order valence-electron chi connectivity index (χ2n) is 5.23. The minimum absolute atomic E-state index is 0.0552. The van der Waals surface area contributed by atoms with E-state index in [9.17, 15) is 17.2 Å². The van der Waals surface area contributed by atoms with E-state index in [1.54, 1.807) is 12.1 Å². The molecule has 0 aromatic heterocycles. The van der Waals surface area contributed by atoms with Gasteiger partial charge in [0.2, 0.25) is 0 Å². The first kappa shape index (κ1) is 17.4. The number of halogens is 2. The summed E-state index contributed by atoms with van der Waals surface area (Å²) in [6.45, 7) is 4.11. The van der Waals surface area contributed by atoms with E-state index in [1.165, 1.54) is 12.1 Å². The highest BCUT2D eigenvalue weighted by molar-refractivity contribution is 7.89. The molecule has 0 saturated heterocycles. The first-order valence-electron chi connectivity index (χ1n) is 7.16. The Labute approximate surface area is 134 Å². The van der Waals surface area contributed by atoms with Gasteiger partial charge in [0.25, 0.3) is 10.0 Å². The van der Waals surface area contributed by atoms with Crippen LogP contribution in [0.5, 0.6) is 0 Å². The Kier molecular flexibility index (Phi) is 5.33. The number of sulfonamides is 1. The molecule has 0 amide bonds. The Morgan fingerprint density at radius 3 is 2.30 bits per heavy atom. The Balaban J connectivity index is 2.12. The van der Waals surface area contributed by atoms with Crippen LogP contribution in [0.3, 0.4) is 0 Å². The number of hydrogen-bond donors (Lipinski definition) is 2. The predicted molar refractivity (Wildman–Crippen MR) is 85.5 cm³/mol. The van der Waals surface area contributed by atoms with Gasteiger partial charge in [0.05, 0.1) is 10.6 Å². The average Bonchev–Trinajstić information content (AvgIpc) is 2.53. The molecule has 0 radical (unpaired) electrons. The number of anilines is 1. The van der Waals surface area contributed by atoms with Gasteiger partial charge in [-0.05, 0) is 42.2 Å². The van der Waals surface area contributed by atoms with Crippen LogP contribution in [0.4, 0.5) is 14.5 Å². The zero-order valence-corrected chi connectivity index (χ0v) is 13.6. The molecule has 7 heteroatoms. The standard InChI is InChI=1S/C16H18F2N2O2S/c1-3-11(2)12-4-7-14(8-5-12)23(21,22)20-19-16-9-6-13(17)10-15(16)18/h4-11,19-20H,3H2,1-2H3/t11-/m1/s1. The molecule has 0 heterocycles. The predicted octanol–water partition coefficient (Wildman–Crippen LogP) is 3.78. The summed E-state index contributed by atoms with van der Waals surface area (Å²) < 4.78 is 50.6. The van der Waals surface area contributed by atoms with Crippen molar-refractivity contribution >= 4 is 15.7 Å². The molecule has 2 aromatic rings. The number of nitrogens with one attached hydrogen (secondary N) is 2. The van der Waals surface area contributed by atoms with E-state index in [-0.39, 0.29) is 10.6 Å². The van der Waals surface area contributed by atoms with Crippen molar-refractivity contribution in [3.8, 4) is 0 Å². The molecule has 0 bridgehead atoms. The van der Waals surface area contributed by atoms with Crippen molar-refractivity contribution in [2.75, 3.05) is 5.43 Å².